The van der Waals surface area contributed by atoms with Crippen LogP contribution in [0.2, 0.25) is 0 Å². The fourth-order valence-electron chi connectivity index (χ4n) is 2.63. The van der Waals surface area contributed by atoms with E-state index >= 15 is 0 Å². The topological polar surface area (TPSA) is 89.0 Å². The molecule has 158 valence electrons. The minimum atomic E-state index is -0.874. The monoisotopic (exact) mass is 417 g/mol. The molecule has 0 aliphatic carbocycles. The zero-order valence-corrected chi connectivity index (χ0v) is 17.1. The molecule has 0 fully saturated rings. The maximum atomic E-state index is 12.0. The molecule has 0 aliphatic heterocycles. The maximum Gasteiger partial charge on any atom is 0.329 e. The molecule has 0 saturated carbocycles. The zero-order valence-electron chi connectivity index (χ0n) is 17.1. The molecular weight excluding hydrogens is 394 g/mol. The SMILES string of the molecule is CCOc1ccc(NC(=O)C(=O)N/N=C\c2cccc(OCc3ccccc3)c2)cc1. The highest BCUT2D eigenvalue weighted by atomic mass is 16.5. The van der Waals surface area contributed by atoms with Gasteiger partial charge in [0.05, 0.1) is 12.8 Å². The van der Waals surface area contributed by atoms with Gasteiger partial charge in [0.15, 0.2) is 0 Å². The van der Waals surface area contributed by atoms with Crippen molar-refractivity contribution in [2.45, 2.75) is 13.5 Å². The van der Waals surface area contributed by atoms with Crippen molar-refractivity contribution in [3.63, 3.8) is 0 Å². The standard InChI is InChI=1S/C24H23N3O4/c1-2-30-21-13-11-20(12-14-21)26-23(28)24(29)27-25-16-19-9-6-10-22(15-19)31-17-18-7-4-3-5-8-18/h3-16H,2,17H2,1H3,(H,26,28)(H,27,29)/b25-16-. The number of benzene rings is 3. The molecular formula is C24H23N3O4. The lowest BCUT2D eigenvalue weighted by molar-refractivity contribution is -0.136. The Morgan fingerprint density at radius 1 is 0.871 bits per heavy atom. The van der Waals surface area contributed by atoms with Crippen molar-refractivity contribution in [3.05, 3.63) is 90.0 Å². The number of nitrogens with zero attached hydrogens (tertiary/aromatic N) is 1. The molecule has 7 nitrogen and oxygen atoms in total. The molecule has 7 heteroatoms. The number of rotatable bonds is 8. The van der Waals surface area contributed by atoms with E-state index in [0.717, 1.165) is 11.1 Å². The van der Waals surface area contributed by atoms with Crippen molar-refractivity contribution >= 4 is 23.7 Å². The van der Waals surface area contributed by atoms with Gasteiger partial charge in [0, 0.05) is 5.69 Å². The van der Waals surface area contributed by atoms with Crippen LogP contribution in [0.5, 0.6) is 11.5 Å². The molecule has 0 bridgehead atoms. The van der Waals surface area contributed by atoms with E-state index in [2.05, 4.69) is 15.8 Å². The number of nitrogens with one attached hydrogen (secondary N) is 2. The number of carbonyl (C=O) groups is 2. The quantitative estimate of drug-likeness (QED) is 0.332. The van der Waals surface area contributed by atoms with Crippen molar-refractivity contribution in [2.75, 3.05) is 11.9 Å². The number of anilines is 1. The molecule has 0 heterocycles. The minimum Gasteiger partial charge on any atom is -0.494 e. The first-order valence-corrected chi connectivity index (χ1v) is 9.78. The van der Waals surface area contributed by atoms with Crippen LogP contribution in [-0.4, -0.2) is 24.6 Å². The second-order valence-corrected chi connectivity index (χ2v) is 6.46. The summed E-state index contributed by atoms with van der Waals surface area (Å²) in [5, 5.41) is 6.34. The van der Waals surface area contributed by atoms with E-state index in [-0.39, 0.29) is 0 Å². The molecule has 0 spiro atoms. The first-order chi connectivity index (χ1) is 15.1. The van der Waals surface area contributed by atoms with Crippen LogP contribution in [0.3, 0.4) is 0 Å². The Bertz CT molecular complexity index is 1030. The summed E-state index contributed by atoms with van der Waals surface area (Å²) in [6.45, 7) is 2.88. The van der Waals surface area contributed by atoms with Gasteiger partial charge in [-0.3, -0.25) is 9.59 Å². The average molecular weight is 417 g/mol. The van der Waals surface area contributed by atoms with E-state index in [9.17, 15) is 9.59 Å². The van der Waals surface area contributed by atoms with Crippen molar-refractivity contribution in [3.8, 4) is 11.5 Å². The number of ether oxygens (including phenoxy) is 2. The van der Waals surface area contributed by atoms with Gasteiger partial charge in [-0.15, -0.1) is 0 Å². The second-order valence-electron chi connectivity index (χ2n) is 6.46. The molecule has 0 aliphatic rings. The third kappa shape index (κ3) is 7.01. The Hall–Kier alpha value is -4.13. The lowest BCUT2D eigenvalue weighted by atomic mass is 10.2. The summed E-state index contributed by atoms with van der Waals surface area (Å²) < 4.78 is 11.1. The van der Waals surface area contributed by atoms with Crippen LogP contribution in [-0.2, 0) is 16.2 Å². The van der Waals surface area contributed by atoms with Crippen LogP contribution in [0, 0.1) is 0 Å². The van der Waals surface area contributed by atoms with Crippen LogP contribution in [0.1, 0.15) is 18.1 Å². The van der Waals surface area contributed by atoms with E-state index in [4.69, 9.17) is 9.47 Å². The van der Waals surface area contributed by atoms with Crippen LogP contribution in [0.4, 0.5) is 5.69 Å². The van der Waals surface area contributed by atoms with Gasteiger partial charge in [-0.1, -0.05) is 42.5 Å². The van der Waals surface area contributed by atoms with Crippen molar-refractivity contribution in [2.24, 2.45) is 5.10 Å². The molecule has 3 aromatic carbocycles. The predicted molar refractivity (Wildman–Crippen MR) is 119 cm³/mol. The summed E-state index contributed by atoms with van der Waals surface area (Å²) in [6, 6.07) is 23.8. The summed E-state index contributed by atoms with van der Waals surface area (Å²) in [4.78, 5) is 23.9. The number of carbonyl (C=O) groups excluding carboxylic acids is 2. The lowest BCUT2D eigenvalue weighted by Gasteiger charge is -2.07. The Morgan fingerprint density at radius 2 is 1.65 bits per heavy atom. The van der Waals surface area contributed by atoms with Crippen molar-refractivity contribution < 1.29 is 19.1 Å². The van der Waals surface area contributed by atoms with Gasteiger partial charge in [0.1, 0.15) is 18.1 Å². The smallest absolute Gasteiger partial charge is 0.329 e. The van der Waals surface area contributed by atoms with E-state index in [1.807, 2.05) is 55.5 Å². The average Bonchev–Trinajstić information content (AvgIpc) is 2.80. The van der Waals surface area contributed by atoms with Crippen LogP contribution >= 0.6 is 0 Å². The zero-order chi connectivity index (χ0) is 21.9. The van der Waals surface area contributed by atoms with Crippen LogP contribution < -0.4 is 20.2 Å². The molecule has 31 heavy (non-hydrogen) atoms. The van der Waals surface area contributed by atoms with E-state index < -0.39 is 11.8 Å². The normalized spacial score (nSPS) is 10.5. The van der Waals surface area contributed by atoms with Gasteiger partial charge >= 0.3 is 11.8 Å². The van der Waals surface area contributed by atoms with Gasteiger partial charge in [-0.05, 0) is 54.4 Å². The van der Waals surface area contributed by atoms with E-state index in [1.54, 1.807) is 30.3 Å². The summed E-state index contributed by atoms with van der Waals surface area (Å²) in [6.07, 6.45) is 1.44. The van der Waals surface area contributed by atoms with Gasteiger partial charge in [0.2, 0.25) is 0 Å². The molecule has 2 N–H and O–H groups in total. The minimum absolute atomic E-state index is 0.448. The van der Waals surface area contributed by atoms with Gasteiger partial charge in [-0.2, -0.15) is 5.10 Å². The molecule has 0 saturated heterocycles. The first-order valence-electron chi connectivity index (χ1n) is 9.78. The molecule has 2 amide bonds. The molecule has 0 aromatic heterocycles. The number of hydrogen-bond donors (Lipinski definition) is 2. The van der Waals surface area contributed by atoms with Gasteiger partial charge in [0.25, 0.3) is 0 Å². The number of hydrazone groups is 1. The Labute approximate surface area is 180 Å². The molecule has 3 rings (SSSR count). The second kappa shape index (κ2) is 11.2. The summed E-state index contributed by atoms with van der Waals surface area (Å²) >= 11 is 0. The molecule has 3 aromatic rings. The molecule has 0 radical (unpaired) electrons. The first kappa shape index (κ1) is 21.6. The number of amides is 2. The fourth-order valence-corrected chi connectivity index (χ4v) is 2.63. The third-order valence-corrected chi connectivity index (χ3v) is 4.12. The Balaban J connectivity index is 1.49. The highest BCUT2D eigenvalue weighted by Gasteiger charge is 2.12. The van der Waals surface area contributed by atoms with Crippen LogP contribution in [0.15, 0.2) is 84.0 Å². The summed E-state index contributed by atoms with van der Waals surface area (Å²) in [5.41, 5.74) is 4.48. The highest BCUT2D eigenvalue weighted by molar-refractivity contribution is 6.39. The summed E-state index contributed by atoms with van der Waals surface area (Å²) in [5.74, 6) is -0.334. The third-order valence-electron chi connectivity index (χ3n) is 4.12. The molecule has 0 atom stereocenters. The lowest BCUT2D eigenvalue weighted by Crippen LogP contribution is -2.32. The van der Waals surface area contributed by atoms with E-state index in [0.29, 0.717) is 30.4 Å². The molecule has 0 unspecified atom stereocenters. The van der Waals surface area contributed by atoms with Gasteiger partial charge in [-0.25, -0.2) is 5.43 Å². The Kier molecular flexibility index (Phi) is 7.77. The maximum absolute atomic E-state index is 12.0. The fraction of sp³-hybridized carbons (Fsp3) is 0.125. The van der Waals surface area contributed by atoms with E-state index in [1.165, 1.54) is 6.21 Å². The summed E-state index contributed by atoms with van der Waals surface area (Å²) in [7, 11) is 0. The predicted octanol–water partition coefficient (Wildman–Crippen LogP) is 3.75. The number of hydrogen-bond acceptors (Lipinski definition) is 5. The largest absolute Gasteiger partial charge is 0.494 e. The van der Waals surface area contributed by atoms with Gasteiger partial charge < -0.3 is 14.8 Å². The van der Waals surface area contributed by atoms with Crippen molar-refractivity contribution in [1.82, 2.24) is 5.43 Å². The van der Waals surface area contributed by atoms with Crippen molar-refractivity contribution in [1.29, 1.82) is 0 Å². The van der Waals surface area contributed by atoms with Crippen LogP contribution in [0.25, 0.3) is 0 Å². The Morgan fingerprint density at radius 3 is 2.39 bits per heavy atom. The highest BCUT2D eigenvalue weighted by Crippen LogP contribution is 2.16.